The molecular formula is C12H18N2O4S. The highest BCUT2D eigenvalue weighted by atomic mass is 32.2. The summed E-state index contributed by atoms with van der Waals surface area (Å²) in [6.45, 7) is 3.50. The van der Waals surface area contributed by atoms with Gasteiger partial charge in [0, 0.05) is 6.54 Å². The molecule has 0 bridgehead atoms. The first kappa shape index (κ1) is 15.6. The predicted octanol–water partition coefficient (Wildman–Crippen LogP) is 0.164. The standard InChI is InChI=1S/C12H18N2O4S/c1-3-18-12(15)11(8-13)14-19(16,17)10-6-4-9(2)5-7-10/h4-7,11,14H,3,8,13H2,1-2H3/t11-/m0/s1. The van der Waals surface area contributed by atoms with Crippen molar-refractivity contribution in [3.63, 3.8) is 0 Å². The smallest absolute Gasteiger partial charge is 0.325 e. The lowest BCUT2D eigenvalue weighted by atomic mass is 10.2. The van der Waals surface area contributed by atoms with E-state index in [1.54, 1.807) is 19.1 Å². The fraction of sp³-hybridized carbons (Fsp3) is 0.417. The van der Waals surface area contributed by atoms with E-state index in [2.05, 4.69) is 4.72 Å². The van der Waals surface area contributed by atoms with Crippen LogP contribution in [0.2, 0.25) is 0 Å². The molecule has 0 saturated carbocycles. The topological polar surface area (TPSA) is 98.5 Å². The monoisotopic (exact) mass is 286 g/mol. The molecule has 6 nitrogen and oxygen atoms in total. The van der Waals surface area contributed by atoms with Gasteiger partial charge in [0.25, 0.3) is 0 Å². The molecule has 1 atom stereocenters. The van der Waals surface area contributed by atoms with Crippen LogP contribution in [0.1, 0.15) is 12.5 Å². The zero-order valence-corrected chi connectivity index (χ0v) is 11.7. The number of rotatable bonds is 6. The van der Waals surface area contributed by atoms with Gasteiger partial charge in [0.15, 0.2) is 0 Å². The maximum absolute atomic E-state index is 12.0. The molecule has 0 heterocycles. The van der Waals surface area contributed by atoms with Crippen LogP contribution in [0.5, 0.6) is 0 Å². The van der Waals surface area contributed by atoms with E-state index in [0.717, 1.165) is 5.56 Å². The van der Waals surface area contributed by atoms with Crippen molar-refractivity contribution in [3.8, 4) is 0 Å². The summed E-state index contributed by atoms with van der Waals surface area (Å²) in [5.41, 5.74) is 6.33. The molecule has 1 rings (SSSR count). The molecule has 0 aliphatic carbocycles. The lowest BCUT2D eigenvalue weighted by molar-refractivity contribution is -0.144. The quantitative estimate of drug-likeness (QED) is 0.726. The van der Waals surface area contributed by atoms with E-state index in [0.29, 0.717) is 0 Å². The number of ether oxygens (including phenoxy) is 1. The maximum atomic E-state index is 12.0. The van der Waals surface area contributed by atoms with Crippen molar-refractivity contribution in [2.24, 2.45) is 5.73 Å². The molecule has 0 spiro atoms. The van der Waals surface area contributed by atoms with Crippen LogP contribution in [0.4, 0.5) is 0 Å². The third-order valence-corrected chi connectivity index (χ3v) is 3.92. The molecule has 1 aromatic rings. The second kappa shape index (κ2) is 6.65. The minimum Gasteiger partial charge on any atom is -0.465 e. The van der Waals surface area contributed by atoms with Crippen LogP contribution in [-0.4, -0.2) is 33.6 Å². The van der Waals surface area contributed by atoms with Crippen molar-refractivity contribution < 1.29 is 17.9 Å². The molecule has 106 valence electrons. The Morgan fingerprint density at radius 1 is 1.37 bits per heavy atom. The summed E-state index contributed by atoms with van der Waals surface area (Å²) >= 11 is 0. The summed E-state index contributed by atoms with van der Waals surface area (Å²) in [7, 11) is -3.78. The number of carbonyl (C=O) groups excluding carboxylic acids is 1. The molecule has 19 heavy (non-hydrogen) atoms. The van der Waals surface area contributed by atoms with Crippen LogP contribution in [0.15, 0.2) is 29.2 Å². The van der Waals surface area contributed by atoms with Gasteiger partial charge < -0.3 is 10.5 Å². The summed E-state index contributed by atoms with van der Waals surface area (Å²) in [6, 6.07) is 5.21. The average Bonchev–Trinajstić information content (AvgIpc) is 2.36. The fourth-order valence-corrected chi connectivity index (χ4v) is 2.61. The number of hydrogen-bond acceptors (Lipinski definition) is 5. The Labute approximate surface area is 113 Å². The summed E-state index contributed by atoms with van der Waals surface area (Å²) in [6.07, 6.45) is 0. The molecular weight excluding hydrogens is 268 g/mol. The van der Waals surface area contributed by atoms with E-state index in [4.69, 9.17) is 10.5 Å². The Hall–Kier alpha value is -1.44. The number of esters is 1. The first-order valence-corrected chi connectivity index (χ1v) is 7.34. The van der Waals surface area contributed by atoms with Crippen molar-refractivity contribution in [2.75, 3.05) is 13.2 Å². The minimum atomic E-state index is -3.78. The summed E-state index contributed by atoms with van der Waals surface area (Å²) in [4.78, 5) is 11.6. The number of nitrogens with one attached hydrogen (secondary N) is 1. The molecule has 0 aromatic heterocycles. The van der Waals surface area contributed by atoms with Gasteiger partial charge >= 0.3 is 5.97 Å². The van der Waals surface area contributed by atoms with Gasteiger partial charge in [0.1, 0.15) is 6.04 Å². The first-order chi connectivity index (χ1) is 8.90. The highest BCUT2D eigenvalue weighted by Gasteiger charge is 2.25. The lowest BCUT2D eigenvalue weighted by Crippen LogP contribution is -2.46. The number of hydrogen-bond donors (Lipinski definition) is 2. The van der Waals surface area contributed by atoms with E-state index in [9.17, 15) is 13.2 Å². The second-order valence-corrected chi connectivity index (χ2v) is 5.69. The summed E-state index contributed by atoms with van der Waals surface area (Å²) in [5.74, 6) is -0.680. The zero-order chi connectivity index (χ0) is 14.5. The highest BCUT2D eigenvalue weighted by molar-refractivity contribution is 7.89. The number of carbonyl (C=O) groups is 1. The molecule has 0 amide bonds. The normalized spacial score (nSPS) is 13.0. The molecule has 0 aliphatic rings. The van der Waals surface area contributed by atoms with Crippen LogP contribution in [-0.2, 0) is 19.6 Å². The third-order valence-electron chi connectivity index (χ3n) is 2.44. The van der Waals surface area contributed by atoms with E-state index in [1.807, 2.05) is 6.92 Å². The average molecular weight is 286 g/mol. The largest absolute Gasteiger partial charge is 0.465 e. The Morgan fingerprint density at radius 3 is 2.42 bits per heavy atom. The molecule has 0 fully saturated rings. The Kier molecular flexibility index (Phi) is 5.46. The third kappa shape index (κ3) is 4.30. The second-order valence-electron chi connectivity index (χ2n) is 3.97. The van der Waals surface area contributed by atoms with Gasteiger partial charge in [-0.05, 0) is 26.0 Å². The van der Waals surface area contributed by atoms with Gasteiger partial charge in [-0.3, -0.25) is 4.79 Å². The van der Waals surface area contributed by atoms with E-state index in [1.165, 1.54) is 12.1 Å². The molecule has 1 aromatic carbocycles. The van der Waals surface area contributed by atoms with Gasteiger partial charge in [-0.15, -0.1) is 0 Å². The molecule has 3 N–H and O–H groups in total. The number of sulfonamides is 1. The Balaban J connectivity index is 2.89. The Bertz CT molecular complexity index is 525. The van der Waals surface area contributed by atoms with Gasteiger partial charge in [0.05, 0.1) is 11.5 Å². The minimum absolute atomic E-state index is 0.0841. The van der Waals surface area contributed by atoms with Crippen LogP contribution in [0, 0.1) is 6.92 Å². The number of aryl methyl sites for hydroxylation is 1. The van der Waals surface area contributed by atoms with Crippen molar-refractivity contribution in [1.29, 1.82) is 0 Å². The van der Waals surface area contributed by atoms with Gasteiger partial charge in [-0.2, -0.15) is 4.72 Å². The fourth-order valence-electron chi connectivity index (χ4n) is 1.41. The van der Waals surface area contributed by atoms with Crippen molar-refractivity contribution in [3.05, 3.63) is 29.8 Å². The summed E-state index contributed by atoms with van der Waals surface area (Å²) < 4.78 is 31.1. The van der Waals surface area contributed by atoms with Crippen molar-refractivity contribution >= 4 is 16.0 Å². The summed E-state index contributed by atoms with van der Waals surface area (Å²) in [5, 5.41) is 0. The van der Waals surface area contributed by atoms with Gasteiger partial charge in [-0.25, -0.2) is 8.42 Å². The number of benzene rings is 1. The predicted molar refractivity (Wildman–Crippen MR) is 71.0 cm³/mol. The van der Waals surface area contributed by atoms with Gasteiger partial charge in [0.2, 0.25) is 10.0 Å². The van der Waals surface area contributed by atoms with Crippen molar-refractivity contribution in [2.45, 2.75) is 24.8 Å². The van der Waals surface area contributed by atoms with E-state index in [-0.39, 0.29) is 18.0 Å². The lowest BCUT2D eigenvalue weighted by Gasteiger charge is -2.15. The van der Waals surface area contributed by atoms with Crippen molar-refractivity contribution in [1.82, 2.24) is 4.72 Å². The first-order valence-electron chi connectivity index (χ1n) is 5.86. The van der Waals surface area contributed by atoms with E-state index < -0.39 is 22.0 Å². The Morgan fingerprint density at radius 2 is 1.95 bits per heavy atom. The van der Waals surface area contributed by atoms with Gasteiger partial charge in [-0.1, -0.05) is 17.7 Å². The molecule has 0 aliphatic heterocycles. The zero-order valence-electron chi connectivity index (χ0n) is 10.9. The van der Waals surface area contributed by atoms with Crippen LogP contribution in [0.25, 0.3) is 0 Å². The molecule has 0 radical (unpaired) electrons. The highest BCUT2D eigenvalue weighted by Crippen LogP contribution is 2.10. The SMILES string of the molecule is CCOC(=O)[C@H](CN)NS(=O)(=O)c1ccc(C)cc1. The van der Waals surface area contributed by atoms with E-state index >= 15 is 0 Å². The van der Waals surface area contributed by atoms with Crippen LogP contribution in [0.3, 0.4) is 0 Å². The number of nitrogens with two attached hydrogens (primary N) is 1. The maximum Gasteiger partial charge on any atom is 0.325 e. The van der Waals surface area contributed by atoms with Crippen LogP contribution < -0.4 is 10.5 Å². The van der Waals surface area contributed by atoms with Crippen LogP contribution >= 0.6 is 0 Å². The molecule has 0 saturated heterocycles. The molecule has 7 heteroatoms. The molecule has 0 unspecified atom stereocenters.